The van der Waals surface area contributed by atoms with Crippen LogP contribution in [0.15, 0.2) is 23.1 Å². The Hall–Kier alpha value is -1.18. The third-order valence-corrected chi connectivity index (χ3v) is 4.70. The average Bonchev–Trinajstić information content (AvgIpc) is 2.74. The fourth-order valence-corrected chi connectivity index (χ4v) is 3.45. The second-order valence-corrected chi connectivity index (χ2v) is 6.59. The normalized spacial score (nSPS) is 23.7. The number of nitrogen functional groups attached to an aromatic ring is 1. The first-order valence-corrected chi connectivity index (χ1v) is 7.50. The summed E-state index contributed by atoms with van der Waals surface area (Å²) in [5, 5.41) is 0. The number of ether oxygens (including phenoxy) is 1. The zero-order valence-corrected chi connectivity index (χ0v) is 11.5. The van der Waals surface area contributed by atoms with Crippen LogP contribution in [-0.4, -0.2) is 27.2 Å². The Morgan fingerprint density at radius 1 is 1.53 bits per heavy atom. The van der Waals surface area contributed by atoms with Gasteiger partial charge in [0.05, 0.1) is 11.3 Å². The van der Waals surface area contributed by atoms with E-state index in [2.05, 4.69) is 4.72 Å². The van der Waals surface area contributed by atoms with E-state index in [-0.39, 0.29) is 12.2 Å². The van der Waals surface area contributed by atoms with Crippen LogP contribution in [0.1, 0.15) is 19.8 Å². The maximum Gasteiger partial charge on any atom is 0.245 e. The minimum absolute atomic E-state index is 0.100. The Balaban J connectivity index is 2.19. The van der Waals surface area contributed by atoms with Crippen molar-refractivity contribution in [2.24, 2.45) is 0 Å². The van der Waals surface area contributed by atoms with Crippen LogP contribution >= 0.6 is 0 Å². The molecule has 3 N–H and O–H groups in total. The smallest absolute Gasteiger partial charge is 0.245 e. The predicted octanol–water partition coefficient (Wildman–Crippen LogP) is 1.26. The molecule has 106 valence electrons. The summed E-state index contributed by atoms with van der Waals surface area (Å²) in [4.78, 5) is -0.503. The van der Waals surface area contributed by atoms with Crippen LogP contribution in [0.5, 0.6) is 0 Å². The zero-order chi connectivity index (χ0) is 14.1. The average molecular weight is 288 g/mol. The number of hydrogen-bond donors (Lipinski definition) is 2. The van der Waals surface area contributed by atoms with Crippen molar-refractivity contribution in [3.63, 3.8) is 0 Å². The van der Waals surface area contributed by atoms with Crippen molar-refractivity contribution in [3.05, 3.63) is 24.0 Å². The summed E-state index contributed by atoms with van der Waals surface area (Å²) in [6.45, 7) is 2.54. The number of nitrogens with one attached hydrogen (secondary N) is 1. The summed E-state index contributed by atoms with van der Waals surface area (Å²) in [6.07, 6.45) is 1.66. The zero-order valence-electron chi connectivity index (χ0n) is 10.6. The monoisotopic (exact) mass is 288 g/mol. The number of benzene rings is 1. The van der Waals surface area contributed by atoms with Gasteiger partial charge in [-0.1, -0.05) is 6.07 Å². The second kappa shape index (κ2) is 5.07. The third-order valence-electron chi connectivity index (χ3n) is 3.20. The standard InChI is InChI=1S/C12H17FN2O3S/c1-12(6-3-7-18-12)8-15-19(16,17)11-9(13)4-2-5-10(11)14/h2,4-5,15H,3,6-8,14H2,1H3. The highest BCUT2D eigenvalue weighted by molar-refractivity contribution is 7.89. The van der Waals surface area contributed by atoms with E-state index in [9.17, 15) is 12.8 Å². The van der Waals surface area contributed by atoms with Gasteiger partial charge in [-0.3, -0.25) is 0 Å². The van der Waals surface area contributed by atoms with E-state index in [1.807, 2.05) is 6.92 Å². The molecule has 0 amide bonds. The molecule has 1 saturated heterocycles. The van der Waals surface area contributed by atoms with Crippen LogP contribution in [0.4, 0.5) is 10.1 Å². The maximum absolute atomic E-state index is 13.6. The molecule has 2 rings (SSSR count). The van der Waals surface area contributed by atoms with Crippen LogP contribution in [0.2, 0.25) is 0 Å². The molecular weight excluding hydrogens is 271 g/mol. The first-order chi connectivity index (χ1) is 8.84. The van der Waals surface area contributed by atoms with Crippen molar-refractivity contribution in [3.8, 4) is 0 Å². The predicted molar refractivity (Wildman–Crippen MR) is 69.6 cm³/mol. The van der Waals surface area contributed by atoms with Gasteiger partial charge in [0.15, 0.2) is 0 Å². The van der Waals surface area contributed by atoms with Crippen molar-refractivity contribution < 1.29 is 17.5 Å². The Morgan fingerprint density at radius 2 is 2.26 bits per heavy atom. The molecule has 0 aromatic heterocycles. The van der Waals surface area contributed by atoms with Crippen LogP contribution in [-0.2, 0) is 14.8 Å². The Labute approximate surface area is 112 Å². The number of hydrogen-bond acceptors (Lipinski definition) is 4. The molecule has 0 spiro atoms. The second-order valence-electron chi connectivity index (χ2n) is 4.88. The number of rotatable bonds is 4. The molecule has 1 unspecified atom stereocenters. The van der Waals surface area contributed by atoms with Crippen LogP contribution in [0.3, 0.4) is 0 Å². The molecule has 1 aromatic carbocycles. The Bertz CT molecular complexity index is 548. The quantitative estimate of drug-likeness (QED) is 0.817. The fourth-order valence-electron chi connectivity index (χ4n) is 2.11. The summed E-state index contributed by atoms with van der Waals surface area (Å²) in [7, 11) is -3.98. The first-order valence-electron chi connectivity index (χ1n) is 6.02. The highest BCUT2D eigenvalue weighted by atomic mass is 32.2. The third kappa shape index (κ3) is 3.05. The molecule has 1 aliphatic heterocycles. The summed E-state index contributed by atoms with van der Waals surface area (Å²) < 4.78 is 45.6. The molecule has 1 aromatic rings. The van der Waals surface area contributed by atoms with E-state index in [1.54, 1.807) is 0 Å². The van der Waals surface area contributed by atoms with E-state index in [1.165, 1.54) is 12.1 Å². The maximum atomic E-state index is 13.6. The molecule has 0 aliphatic carbocycles. The van der Waals surface area contributed by atoms with Crippen molar-refractivity contribution in [1.82, 2.24) is 4.72 Å². The lowest BCUT2D eigenvalue weighted by atomic mass is 10.0. The van der Waals surface area contributed by atoms with Gasteiger partial charge in [-0.2, -0.15) is 0 Å². The largest absolute Gasteiger partial charge is 0.398 e. The van der Waals surface area contributed by atoms with Crippen LogP contribution in [0, 0.1) is 5.82 Å². The van der Waals surface area contributed by atoms with Gasteiger partial charge in [0.25, 0.3) is 0 Å². The number of sulfonamides is 1. The molecule has 0 radical (unpaired) electrons. The molecule has 1 fully saturated rings. The van der Waals surface area contributed by atoms with E-state index >= 15 is 0 Å². The van der Waals surface area contributed by atoms with Gasteiger partial charge in [0, 0.05) is 13.2 Å². The molecule has 0 saturated carbocycles. The summed E-state index contributed by atoms with van der Waals surface area (Å²) in [5.41, 5.74) is 4.89. The summed E-state index contributed by atoms with van der Waals surface area (Å²) in [6, 6.07) is 3.79. The van der Waals surface area contributed by atoms with Crippen LogP contribution in [0.25, 0.3) is 0 Å². The van der Waals surface area contributed by atoms with E-state index in [4.69, 9.17) is 10.5 Å². The summed E-state index contributed by atoms with van der Waals surface area (Å²) in [5.74, 6) is -0.856. The number of anilines is 1. The molecule has 7 heteroatoms. The van der Waals surface area contributed by atoms with Crippen molar-refractivity contribution in [2.45, 2.75) is 30.3 Å². The SMILES string of the molecule is CC1(CNS(=O)(=O)c2c(N)cccc2F)CCCO1. The highest BCUT2D eigenvalue weighted by Crippen LogP contribution is 2.26. The lowest BCUT2D eigenvalue weighted by Crippen LogP contribution is -2.40. The van der Waals surface area contributed by atoms with Crippen molar-refractivity contribution in [2.75, 3.05) is 18.9 Å². The first kappa shape index (κ1) is 14.2. The van der Waals surface area contributed by atoms with Gasteiger partial charge in [-0.25, -0.2) is 17.5 Å². The van der Waals surface area contributed by atoms with Crippen molar-refractivity contribution in [1.29, 1.82) is 0 Å². The van der Waals surface area contributed by atoms with Gasteiger partial charge in [-0.05, 0) is 31.9 Å². The lowest BCUT2D eigenvalue weighted by Gasteiger charge is -2.23. The van der Waals surface area contributed by atoms with Gasteiger partial charge in [0.1, 0.15) is 10.7 Å². The Kier molecular flexibility index (Phi) is 3.80. The minimum Gasteiger partial charge on any atom is -0.398 e. The molecule has 19 heavy (non-hydrogen) atoms. The molecule has 1 atom stereocenters. The van der Waals surface area contributed by atoms with Gasteiger partial charge >= 0.3 is 0 Å². The van der Waals surface area contributed by atoms with Crippen LogP contribution < -0.4 is 10.5 Å². The minimum atomic E-state index is -3.98. The number of halogens is 1. The number of nitrogens with two attached hydrogens (primary N) is 1. The van der Waals surface area contributed by atoms with Gasteiger partial charge < -0.3 is 10.5 Å². The fraction of sp³-hybridized carbons (Fsp3) is 0.500. The Morgan fingerprint density at radius 3 is 2.84 bits per heavy atom. The van der Waals surface area contributed by atoms with E-state index in [0.717, 1.165) is 18.9 Å². The topological polar surface area (TPSA) is 81.4 Å². The van der Waals surface area contributed by atoms with Crippen molar-refractivity contribution >= 4 is 15.7 Å². The summed E-state index contributed by atoms with van der Waals surface area (Å²) >= 11 is 0. The molecule has 0 bridgehead atoms. The molecular formula is C12H17FN2O3S. The molecule has 5 nitrogen and oxygen atoms in total. The van der Waals surface area contributed by atoms with E-state index in [0.29, 0.717) is 6.61 Å². The lowest BCUT2D eigenvalue weighted by molar-refractivity contribution is 0.0250. The van der Waals surface area contributed by atoms with Gasteiger partial charge in [0.2, 0.25) is 10.0 Å². The molecule has 1 aliphatic rings. The molecule has 1 heterocycles. The highest BCUT2D eigenvalue weighted by Gasteiger charge is 2.32. The van der Waals surface area contributed by atoms with Gasteiger partial charge in [-0.15, -0.1) is 0 Å². The van der Waals surface area contributed by atoms with E-state index < -0.39 is 26.3 Å².